The second kappa shape index (κ2) is 6.87. The van der Waals surface area contributed by atoms with Crippen LogP contribution in [0.25, 0.3) is 0 Å². The summed E-state index contributed by atoms with van der Waals surface area (Å²) < 4.78 is 12.8. The van der Waals surface area contributed by atoms with Gasteiger partial charge in [0, 0.05) is 32.0 Å². The van der Waals surface area contributed by atoms with Crippen LogP contribution in [-0.4, -0.2) is 42.2 Å². The van der Waals surface area contributed by atoms with Gasteiger partial charge in [-0.05, 0) is 19.8 Å². The lowest BCUT2D eigenvalue weighted by molar-refractivity contribution is 0.0437. The van der Waals surface area contributed by atoms with E-state index in [4.69, 9.17) is 9.47 Å². The van der Waals surface area contributed by atoms with Crippen LogP contribution in [0.2, 0.25) is 0 Å². The molecule has 2 atom stereocenters. The molecule has 2 heterocycles. The van der Waals surface area contributed by atoms with Crippen LogP contribution in [-0.2, 0) is 22.6 Å². The van der Waals surface area contributed by atoms with Crippen molar-refractivity contribution in [3.63, 3.8) is 0 Å². The summed E-state index contributed by atoms with van der Waals surface area (Å²) in [5, 5.41) is 7.68. The summed E-state index contributed by atoms with van der Waals surface area (Å²) in [7, 11) is 1.71. The van der Waals surface area contributed by atoms with Gasteiger partial charge in [0.2, 0.25) is 0 Å². The second-order valence-electron chi connectivity index (χ2n) is 4.89. The summed E-state index contributed by atoms with van der Waals surface area (Å²) in [5.74, 6) is 0. The number of nitrogens with zero attached hydrogens (tertiary/aromatic N) is 2. The van der Waals surface area contributed by atoms with Gasteiger partial charge >= 0.3 is 0 Å². The maximum Gasteiger partial charge on any atom is 0.0775 e. The summed E-state index contributed by atoms with van der Waals surface area (Å²) in [6.45, 7) is 5.44. The van der Waals surface area contributed by atoms with Crippen LogP contribution in [0.15, 0.2) is 12.4 Å². The van der Waals surface area contributed by atoms with Crippen LogP contribution in [0.4, 0.5) is 0 Å². The standard InChI is InChI=1S/C13H23N3O2/c1-11-3-4-13(18-11)10-16-9-12(8-15-16)7-14-5-6-17-2/h8-9,11,13-14H,3-7,10H2,1-2H3. The fourth-order valence-corrected chi connectivity index (χ4v) is 2.23. The highest BCUT2D eigenvalue weighted by Crippen LogP contribution is 2.20. The summed E-state index contributed by atoms with van der Waals surface area (Å²) in [4.78, 5) is 0. The summed E-state index contributed by atoms with van der Waals surface area (Å²) >= 11 is 0. The molecule has 5 nitrogen and oxygen atoms in total. The second-order valence-corrected chi connectivity index (χ2v) is 4.89. The molecule has 2 rings (SSSR count). The maximum absolute atomic E-state index is 5.79. The predicted octanol–water partition coefficient (Wildman–Crippen LogP) is 1.19. The van der Waals surface area contributed by atoms with E-state index in [1.807, 2.05) is 10.9 Å². The predicted molar refractivity (Wildman–Crippen MR) is 69.4 cm³/mol. The van der Waals surface area contributed by atoms with Crippen molar-refractivity contribution in [2.75, 3.05) is 20.3 Å². The zero-order chi connectivity index (χ0) is 12.8. The van der Waals surface area contributed by atoms with Crippen molar-refractivity contribution in [1.82, 2.24) is 15.1 Å². The Bertz CT molecular complexity index is 354. The Morgan fingerprint density at radius 2 is 2.44 bits per heavy atom. The topological polar surface area (TPSA) is 48.3 Å². The van der Waals surface area contributed by atoms with E-state index in [0.717, 1.165) is 39.1 Å². The number of hydrogen-bond donors (Lipinski definition) is 1. The minimum absolute atomic E-state index is 0.328. The molecule has 0 bridgehead atoms. The molecule has 0 spiro atoms. The van der Waals surface area contributed by atoms with E-state index in [2.05, 4.69) is 23.5 Å². The van der Waals surface area contributed by atoms with Gasteiger partial charge in [0.1, 0.15) is 0 Å². The molecule has 0 aromatic carbocycles. The zero-order valence-electron chi connectivity index (χ0n) is 11.3. The number of methoxy groups -OCH3 is 1. The average Bonchev–Trinajstić information content (AvgIpc) is 2.95. The van der Waals surface area contributed by atoms with Gasteiger partial charge in [0.15, 0.2) is 0 Å². The number of ether oxygens (including phenoxy) is 2. The summed E-state index contributed by atoms with van der Waals surface area (Å²) in [6.07, 6.45) is 7.04. The molecule has 1 fully saturated rings. The van der Waals surface area contributed by atoms with Crippen molar-refractivity contribution in [2.24, 2.45) is 0 Å². The van der Waals surface area contributed by atoms with Crippen LogP contribution >= 0.6 is 0 Å². The smallest absolute Gasteiger partial charge is 0.0775 e. The molecule has 2 unspecified atom stereocenters. The van der Waals surface area contributed by atoms with E-state index in [1.54, 1.807) is 7.11 Å². The van der Waals surface area contributed by atoms with Crippen molar-refractivity contribution in [2.45, 2.75) is 45.1 Å². The summed E-state index contributed by atoms with van der Waals surface area (Å²) in [6, 6.07) is 0. The van der Waals surface area contributed by atoms with Gasteiger partial charge in [-0.15, -0.1) is 0 Å². The van der Waals surface area contributed by atoms with Crippen LogP contribution in [0, 0.1) is 0 Å². The molecule has 0 amide bonds. The lowest BCUT2D eigenvalue weighted by Gasteiger charge is -2.10. The van der Waals surface area contributed by atoms with Gasteiger partial charge < -0.3 is 14.8 Å². The molecule has 5 heteroatoms. The van der Waals surface area contributed by atoms with E-state index in [9.17, 15) is 0 Å². The Morgan fingerprint density at radius 1 is 1.56 bits per heavy atom. The van der Waals surface area contributed by atoms with Crippen LogP contribution < -0.4 is 5.32 Å². The van der Waals surface area contributed by atoms with Crippen molar-refractivity contribution in [3.05, 3.63) is 18.0 Å². The minimum Gasteiger partial charge on any atom is -0.383 e. The zero-order valence-corrected chi connectivity index (χ0v) is 11.3. The van der Waals surface area contributed by atoms with E-state index >= 15 is 0 Å². The highest BCUT2D eigenvalue weighted by atomic mass is 16.5. The monoisotopic (exact) mass is 253 g/mol. The fraction of sp³-hybridized carbons (Fsp3) is 0.769. The SMILES string of the molecule is COCCNCc1cnn(CC2CCC(C)O2)c1. The first-order valence-corrected chi connectivity index (χ1v) is 6.64. The first kappa shape index (κ1) is 13.5. The molecule has 1 aliphatic heterocycles. The molecule has 1 N–H and O–H groups in total. The average molecular weight is 253 g/mol. The third kappa shape index (κ3) is 4.08. The molecule has 1 saturated heterocycles. The number of aromatic nitrogens is 2. The molecular formula is C13H23N3O2. The van der Waals surface area contributed by atoms with Crippen LogP contribution in [0.5, 0.6) is 0 Å². The molecule has 102 valence electrons. The van der Waals surface area contributed by atoms with Gasteiger partial charge in [-0.2, -0.15) is 5.10 Å². The first-order valence-electron chi connectivity index (χ1n) is 6.64. The fourth-order valence-electron chi connectivity index (χ4n) is 2.23. The Hall–Kier alpha value is -0.910. The maximum atomic E-state index is 5.79. The van der Waals surface area contributed by atoms with Crippen molar-refractivity contribution < 1.29 is 9.47 Å². The third-order valence-electron chi connectivity index (χ3n) is 3.21. The molecule has 1 aromatic rings. The Balaban J connectivity index is 1.72. The number of nitrogens with one attached hydrogen (secondary N) is 1. The van der Waals surface area contributed by atoms with Crippen molar-refractivity contribution in [1.29, 1.82) is 0 Å². The van der Waals surface area contributed by atoms with Crippen LogP contribution in [0.1, 0.15) is 25.3 Å². The lowest BCUT2D eigenvalue weighted by atomic mass is 10.2. The van der Waals surface area contributed by atoms with Gasteiger partial charge in [-0.3, -0.25) is 4.68 Å². The molecule has 0 saturated carbocycles. The van der Waals surface area contributed by atoms with Gasteiger partial charge in [0.25, 0.3) is 0 Å². The quantitative estimate of drug-likeness (QED) is 0.742. The number of rotatable bonds is 7. The third-order valence-corrected chi connectivity index (χ3v) is 3.21. The van der Waals surface area contributed by atoms with E-state index in [1.165, 1.54) is 5.56 Å². The highest BCUT2D eigenvalue weighted by molar-refractivity contribution is 5.03. The van der Waals surface area contributed by atoms with E-state index in [-0.39, 0.29) is 0 Å². The van der Waals surface area contributed by atoms with Gasteiger partial charge in [-0.1, -0.05) is 0 Å². The molecular weight excluding hydrogens is 230 g/mol. The molecule has 0 aliphatic carbocycles. The minimum atomic E-state index is 0.328. The Morgan fingerprint density at radius 3 is 3.17 bits per heavy atom. The van der Waals surface area contributed by atoms with Crippen molar-refractivity contribution >= 4 is 0 Å². The molecule has 1 aromatic heterocycles. The Labute approximate surface area is 108 Å². The van der Waals surface area contributed by atoms with Crippen molar-refractivity contribution in [3.8, 4) is 0 Å². The van der Waals surface area contributed by atoms with Crippen LogP contribution in [0.3, 0.4) is 0 Å². The molecule has 0 radical (unpaired) electrons. The largest absolute Gasteiger partial charge is 0.383 e. The Kier molecular flexibility index (Phi) is 5.16. The highest BCUT2D eigenvalue weighted by Gasteiger charge is 2.22. The van der Waals surface area contributed by atoms with E-state index in [0.29, 0.717) is 12.2 Å². The van der Waals surface area contributed by atoms with Gasteiger partial charge in [0.05, 0.1) is 31.6 Å². The molecule has 18 heavy (non-hydrogen) atoms. The van der Waals surface area contributed by atoms with Gasteiger partial charge in [-0.25, -0.2) is 0 Å². The first-order chi connectivity index (χ1) is 8.78. The van der Waals surface area contributed by atoms with E-state index < -0.39 is 0 Å². The molecule has 1 aliphatic rings. The summed E-state index contributed by atoms with van der Waals surface area (Å²) in [5.41, 5.74) is 1.21. The lowest BCUT2D eigenvalue weighted by Crippen LogP contribution is -2.18. The normalized spacial score (nSPS) is 23.7. The number of hydrogen-bond acceptors (Lipinski definition) is 4.